The van der Waals surface area contributed by atoms with Crippen LogP contribution in [0.1, 0.15) is 13.3 Å². The van der Waals surface area contributed by atoms with Gasteiger partial charge in [-0.25, -0.2) is 0 Å². The normalized spacial score (nSPS) is 12.4. The zero-order chi connectivity index (χ0) is 4.99. The summed E-state index contributed by atoms with van der Waals surface area (Å²) in [6, 6.07) is 0.273. The molecule has 0 aromatic carbocycles. The smallest absolute Gasteiger partial charge is 0.00224 e. The summed E-state index contributed by atoms with van der Waals surface area (Å²) in [7, 11) is 0. The molecule has 3 heteroatoms. The van der Waals surface area contributed by atoms with Gasteiger partial charge in [-0.15, -0.1) is 0 Å². The molecular formula is C4H12N2Na. The summed E-state index contributed by atoms with van der Waals surface area (Å²) >= 11 is 0. The monoisotopic (exact) mass is 111 g/mol. The zero-order valence-electron chi connectivity index (χ0n) is 5.15. The average molecular weight is 111 g/mol. The fourth-order valence-corrected chi connectivity index (χ4v) is 0.263. The zero-order valence-corrected chi connectivity index (χ0v) is 7.15. The minimum absolute atomic E-state index is 0. The maximum Gasteiger partial charge on any atom is 0.00224 e. The fourth-order valence-electron chi connectivity index (χ4n) is 0.263. The SMILES string of the molecule is CC(N)CCN.[Na]. The van der Waals surface area contributed by atoms with Crippen LogP contribution in [0.4, 0.5) is 0 Å². The average Bonchev–Trinajstić information content (AvgIpc) is 1.35. The molecule has 0 spiro atoms. The van der Waals surface area contributed by atoms with E-state index in [4.69, 9.17) is 11.5 Å². The minimum Gasteiger partial charge on any atom is -0.330 e. The Hall–Kier alpha value is 0.920. The van der Waals surface area contributed by atoms with Crippen molar-refractivity contribution in [1.29, 1.82) is 0 Å². The van der Waals surface area contributed by atoms with Crippen molar-refractivity contribution in [1.82, 2.24) is 0 Å². The van der Waals surface area contributed by atoms with Crippen molar-refractivity contribution in [2.24, 2.45) is 11.5 Å². The molecule has 0 aliphatic heterocycles. The van der Waals surface area contributed by atoms with Crippen LogP contribution in [0.15, 0.2) is 0 Å². The molecule has 4 N–H and O–H groups in total. The Morgan fingerprint density at radius 1 is 1.57 bits per heavy atom. The van der Waals surface area contributed by atoms with Gasteiger partial charge in [0, 0.05) is 35.6 Å². The topological polar surface area (TPSA) is 52.0 Å². The van der Waals surface area contributed by atoms with Gasteiger partial charge in [0.05, 0.1) is 0 Å². The fraction of sp³-hybridized carbons (Fsp3) is 1.00. The maximum absolute atomic E-state index is 5.32. The molecule has 0 heterocycles. The predicted molar refractivity (Wildman–Crippen MR) is 33.1 cm³/mol. The number of rotatable bonds is 2. The predicted octanol–water partition coefficient (Wildman–Crippen LogP) is -0.698. The first-order valence-corrected chi connectivity index (χ1v) is 2.23. The van der Waals surface area contributed by atoms with Gasteiger partial charge in [-0.1, -0.05) is 0 Å². The van der Waals surface area contributed by atoms with E-state index in [0.29, 0.717) is 6.54 Å². The van der Waals surface area contributed by atoms with Crippen LogP contribution in [-0.4, -0.2) is 42.1 Å². The summed E-state index contributed by atoms with van der Waals surface area (Å²) < 4.78 is 0. The number of nitrogens with two attached hydrogens (primary N) is 2. The van der Waals surface area contributed by atoms with E-state index in [9.17, 15) is 0 Å². The quantitative estimate of drug-likeness (QED) is 0.463. The Balaban J connectivity index is 0. The van der Waals surface area contributed by atoms with Crippen molar-refractivity contribution in [2.45, 2.75) is 19.4 Å². The van der Waals surface area contributed by atoms with Gasteiger partial charge in [0.1, 0.15) is 0 Å². The summed E-state index contributed by atoms with van der Waals surface area (Å²) in [4.78, 5) is 0. The van der Waals surface area contributed by atoms with Gasteiger partial charge in [0.2, 0.25) is 0 Å². The van der Waals surface area contributed by atoms with Crippen molar-refractivity contribution in [3.05, 3.63) is 0 Å². The van der Waals surface area contributed by atoms with E-state index in [1.807, 2.05) is 6.92 Å². The van der Waals surface area contributed by atoms with E-state index in [1.54, 1.807) is 0 Å². The van der Waals surface area contributed by atoms with Crippen LogP contribution >= 0.6 is 0 Å². The molecule has 0 aliphatic rings. The van der Waals surface area contributed by atoms with Crippen LogP contribution in [0.3, 0.4) is 0 Å². The third-order valence-electron chi connectivity index (χ3n) is 0.622. The van der Waals surface area contributed by atoms with Crippen LogP contribution in [0, 0.1) is 0 Å². The second-order valence-corrected chi connectivity index (χ2v) is 1.55. The van der Waals surface area contributed by atoms with Crippen LogP contribution in [0.5, 0.6) is 0 Å². The third-order valence-corrected chi connectivity index (χ3v) is 0.622. The molecule has 0 aliphatic carbocycles. The summed E-state index contributed by atoms with van der Waals surface area (Å²) in [6.07, 6.45) is 0.931. The van der Waals surface area contributed by atoms with Crippen LogP contribution < -0.4 is 11.5 Å². The molecule has 1 radical (unpaired) electrons. The van der Waals surface area contributed by atoms with Gasteiger partial charge in [-0.05, 0) is 19.9 Å². The van der Waals surface area contributed by atoms with Crippen molar-refractivity contribution in [2.75, 3.05) is 6.54 Å². The van der Waals surface area contributed by atoms with Crippen LogP contribution in [0.2, 0.25) is 0 Å². The van der Waals surface area contributed by atoms with Gasteiger partial charge < -0.3 is 11.5 Å². The molecule has 0 aromatic heterocycles. The number of hydrogen-bond donors (Lipinski definition) is 2. The first-order valence-electron chi connectivity index (χ1n) is 2.23. The van der Waals surface area contributed by atoms with Gasteiger partial charge in [-0.3, -0.25) is 0 Å². The molecule has 1 atom stereocenters. The molecule has 0 rings (SSSR count). The van der Waals surface area contributed by atoms with Crippen LogP contribution in [0.25, 0.3) is 0 Å². The standard InChI is InChI=1S/C4H12N2.Na/c1-4(6)2-3-5;/h4H,2-3,5-6H2,1H3;. The van der Waals surface area contributed by atoms with Gasteiger partial charge in [-0.2, -0.15) is 0 Å². The second kappa shape index (κ2) is 6.92. The van der Waals surface area contributed by atoms with E-state index in [-0.39, 0.29) is 35.6 Å². The Morgan fingerprint density at radius 3 is 2.00 bits per heavy atom. The molecule has 0 saturated heterocycles. The molecule has 39 valence electrons. The van der Waals surface area contributed by atoms with Crippen LogP contribution in [-0.2, 0) is 0 Å². The molecule has 0 aromatic rings. The Morgan fingerprint density at radius 2 is 2.00 bits per heavy atom. The molecule has 0 saturated carbocycles. The van der Waals surface area contributed by atoms with Gasteiger partial charge in [0.25, 0.3) is 0 Å². The number of hydrogen-bond acceptors (Lipinski definition) is 2. The molecule has 2 nitrogen and oxygen atoms in total. The third kappa shape index (κ3) is 10.9. The van der Waals surface area contributed by atoms with E-state index >= 15 is 0 Å². The van der Waals surface area contributed by atoms with E-state index in [0.717, 1.165) is 6.42 Å². The van der Waals surface area contributed by atoms with Crippen molar-refractivity contribution >= 4 is 29.6 Å². The molecule has 1 unspecified atom stereocenters. The van der Waals surface area contributed by atoms with E-state index < -0.39 is 0 Å². The van der Waals surface area contributed by atoms with E-state index in [2.05, 4.69) is 0 Å². The first kappa shape index (κ1) is 10.8. The Bertz CT molecular complexity index is 30.9. The molecule has 0 fully saturated rings. The summed E-state index contributed by atoms with van der Waals surface area (Å²) in [5, 5.41) is 0. The van der Waals surface area contributed by atoms with Crippen molar-refractivity contribution in [3.8, 4) is 0 Å². The first-order chi connectivity index (χ1) is 2.77. The largest absolute Gasteiger partial charge is 0.330 e. The van der Waals surface area contributed by atoms with E-state index in [1.165, 1.54) is 0 Å². The minimum atomic E-state index is 0. The molecule has 0 bridgehead atoms. The Kier molecular flexibility index (Phi) is 10.7. The van der Waals surface area contributed by atoms with Gasteiger partial charge in [0.15, 0.2) is 0 Å². The molecular weight excluding hydrogens is 99.0 g/mol. The summed E-state index contributed by atoms with van der Waals surface area (Å²) in [5.41, 5.74) is 10.5. The molecule has 0 amide bonds. The summed E-state index contributed by atoms with van der Waals surface area (Å²) in [5.74, 6) is 0. The Labute approximate surface area is 66.9 Å². The maximum atomic E-state index is 5.32. The van der Waals surface area contributed by atoms with Crippen molar-refractivity contribution < 1.29 is 0 Å². The van der Waals surface area contributed by atoms with Crippen molar-refractivity contribution in [3.63, 3.8) is 0 Å². The second-order valence-electron chi connectivity index (χ2n) is 1.55. The van der Waals surface area contributed by atoms with Gasteiger partial charge >= 0.3 is 0 Å². The molecule has 7 heavy (non-hydrogen) atoms. The summed E-state index contributed by atoms with van der Waals surface area (Å²) in [6.45, 7) is 2.66.